The Morgan fingerprint density at radius 3 is 2.40 bits per heavy atom. The summed E-state index contributed by atoms with van der Waals surface area (Å²) in [7, 11) is 1.61. The molecule has 1 heterocycles. The van der Waals surface area contributed by atoms with Crippen LogP contribution in [-0.2, 0) is 17.8 Å². The van der Waals surface area contributed by atoms with Crippen LogP contribution < -0.4 is 10.5 Å². The van der Waals surface area contributed by atoms with Gasteiger partial charge in [-0.25, -0.2) is 9.97 Å². The maximum absolute atomic E-state index is 6.39. The molecule has 0 aliphatic rings. The van der Waals surface area contributed by atoms with Crippen molar-refractivity contribution in [2.75, 3.05) is 12.8 Å². The number of anilines is 1. The Morgan fingerprint density at radius 1 is 1.12 bits per heavy atom. The molecule has 0 aliphatic carbocycles. The monoisotopic (exact) mass is 363 g/mol. The fourth-order valence-electron chi connectivity index (χ4n) is 2.63. The van der Waals surface area contributed by atoms with Crippen molar-refractivity contribution in [3.05, 3.63) is 34.6 Å². The molecule has 0 saturated carbocycles. The Hall–Kier alpha value is -1.85. The van der Waals surface area contributed by atoms with Gasteiger partial charge in [0.25, 0.3) is 0 Å². The van der Waals surface area contributed by atoms with Gasteiger partial charge in [0.1, 0.15) is 17.3 Å². The lowest BCUT2D eigenvalue weighted by Crippen LogP contribution is -2.14. The zero-order chi connectivity index (χ0) is 18.4. The molecule has 0 saturated heterocycles. The van der Waals surface area contributed by atoms with Crippen molar-refractivity contribution in [3.63, 3.8) is 0 Å². The average molecular weight is 364 g/mol. The van der Waals surface area contributed by atoms with Crippen LogP contribution in [0.2, 0.25) is 5.02 Å². The Labute approximate surface area is 154 Å². The fraction of sp³-hybridized carbons (Fsp3) is 0.474. The predicted octanol–water partition coefficient (Wildman–Crippen LogP) is 4.66. The van der Waals surface area contributed by atoms with E-state index in [4.69, 9.17) is 26.8 Å². The van der Waals surface area contributed by atoms with Crippen LogP contribution in [0.4, 0.5) is 5.82 Å². The van der Waals surface area contributed by atoms with Crippen molar-refractivity contribution in [1.82, 2.24) is 9.97 Å². The van der Waals surface area contributed by atoms with Crippen molar-refractivity contribution in [2.45, 2.75) is 52.7 Å². The molecule has 136 valence electrons. The predicted molar refractivity (Wildman–Crippen MR) is 102 cm³/mol. The van der Waals surface area contributed by atoms with E-state index in [-0.39, 0.29) is 6.10 Å². The van der Waals surface area contributed by atoms with Gasteiger partial charge >= 0.3 is 0 Å². The van der Waals surface area contributed by atoms with Crippen LogP contribution in [0.15, 0.2) is 18.2 Å². The third-order valence-electron chi connectivity index (χ3n) is 4.20. The molecule has 25 heavy (non-hydrogen) atoms. The molecule has 0 atom stereocenters. The van der Waals surface area contributed by atoms with Gasteiger partial charge in [0.2, 0.25) is 0 Å². The number of rotatable bonds is 8. The summed E-state index contributed by atoms with van der Waals surface area (Å²) in [5.41, 5.74) is 9.17. The molecule has 0 aliphatic heterocycles. The highest BCUT2D eigenvalue weighted by atomic mass is 35.5. The minimum atomic E-state index is 0.210. The third-order valence-corrected chi connectivity index (χ3v) is 4.52. The lowest BCUT2D eigenvalue weighted by Gasteiger charge is -2.16. The quantitative estimate of drug-likeness (QED) is 0.738. The Balaban J connectivity index is 2.36. The second kappa shape index (κ2) is 9.02. The minimum absolute atomic E-state index is 0.210. The fourth-order valence-corrected chi connectivity index (χ4v) is 2.89. The normalized spacial score (nSPS) is 11.1. The molecule has 1 aromatic carbocycles. The van der Waals surface area contributed by atoms with E-state index >= 15 is 0 Å². The number of halogens is 1. The number of nitrogen functional groups attached to an aromatic ring is 1. The van der Waals surface area contributed by atoms with Crippen LogP contribution in [0.1, 0.15) is 45.0 Å². The van der Waals surface area contributed by atoms with E-state index < -0.39 is 0 Å². The van der Waals surface area contributed by atoms with E-state index in [1.165, 1.54) is 0 Å². The molecular weight excluding hydrogens is 338 g/mol. The Morgan fingerprint density at radius 2 is 1.84 bits per heavy atom. The highest BCUT2D eigenvalue weighted by Gasteiger charge is 2.16. The van der Waals surface area contributed by atoms with Gasteiger partial charge in [-0.3, -0.25) is 0 Å². The molecule has 2 rings (SSSR count). The number of nitrogens with zero attached hydrogens (tertiary/aromatic N) is 2. The summed E-state index contributed by atoms with van der Waals surface area (Å²) in [4.78, 5) is 9.26. The third kappa shape index (κ3) is 4.61. The van der Waals surface area contributed by atoms with Gasteiger partial charge in [0.05, 0.1) is 36.2 Å². The summed E-state index contributed by atoms with van der Waals surface area (Å²) in [5, 5.41) is 0.559. The van der Waals surface area contributed by atoms with Crippen molar-refractivity contribution in [2.24, 2.45) is 0 Å². The number of benzene rings is 1. The van der Waals surface area contributed by atoms with Crippen LogP contribution in [-0.4, -0.2) is 23.2 Å². The number of hydrogen-bond donors (Lipinski definition) is 1. The summed E-state index contributed by atoms with van der Waals surface area (Å²) in [5.74, 6) is 1.08. The number of ether oxygens (including phenoxy) is 2. The second-order valence-electron chi connectivity index (χ2n) is 5.80. The molecule has 2 N–H and O–H groups in total. The highest BCUT2D eigenvalue weighted by Crippen LogP contribution is 2.32. The van der Waals surface area contributed by atoms with E-state index in [0.29, 0.717) is 34.6 Å². The smallest absolute Gasteiger partial charge is 0.148 e. The summed E-state index contributed by atoms with van der Waals surface area (Å²) in [6, 6.07) is 5.49. The molecular formula is C19H26ClN3O2. The van der Waals surface area contributed by atoms with Crippen LogP contribution in [0.5, 0.6) is 5.75 Å². The second-order valence-corrected chi connectivity index (χ2v) is 6.21. The SMILES string of the molecule is CCc1nc(COC(CC)CC)c(N)nc1-c1ccc(OC)cc1Cl. The molecule has 5 nitrogen and oxygen atoms in total. The van der Waals surface area contributed by atoms with Gasteiger partial charge in [0.15, 0.2) is 0 Å². The lowest BCUT2D eigenvalue weighted by atomic mass is 10.1. The van der Waals surface area contributed by atoms with E-state index in [9.17, 15) is 0 Å². The van der Waals surface area contributed by atoms with Gasteiger partial charge in [-0.05, 0) is 37.5 Å². The molecule has 0 fully saturated rings. The summed E-state index contributed by atoms with van der Waals surface area (Å²) < 4.78 is 11.1. The van der Waals surface area contributed by atoms with E-state index in [1.807, 2.05) is 19.1 Å². The van der Waals surface area contributed by atoms with E-state index in [1.54, 1.807) is 13.2 Å². The van der Waals surface area contributed by atoms with Crippen LogP contribution in [0, 0.1) is 0 Å². The van der Waals surface area contributed by atoms with Gasteiger partial charge in [-0.1, -0.05) is 32.4 Å². The molecule has 2 aromatic rings. The molecule has 0 radical (unpaired) electrons. The number of aryl methyl sites for hydroxylation is 1. The maximum Gasteiger partial charge on any atom is 0.148 e. The first-order valence-electron chi connectivity index (χ1n) is 8.64. The topological polar surface area (TPSA) is 70.3 Å². The molecule has 6 heteroatoms. The zero-order valence-corrected chi connectivity index (χ0v) is 16.1. The Bertz CT molecular complexity index is 718. The zero-order valence-electron chi connectivity index (χ0n) is 15.3. The Kier molecular flexibility index (Phi) is 7.02. The van der Waals surface area contributed by atoms with Crippen LogP contribution in [0.25, 0.3) is 11.3 Å². The van der Waals surface area contributed by atoms with Crippen molar-refractivity contribution in [1.29, 1.82) is 0 Å². The molecule has 0 bridgehead atoms. The van der Waals surface area contributed by atoms with Crippen LogP contribution in [0.3, 0.4) is 0 Å². The summed E-state index contributed by atoms with van der Waals surface area (Å²) >= 11 is 6.39. The first-order valence-corrected chi connectivity index (χ1v) is 9.02. The summed E-state index contributed by atoms with van der Waals surface area (Å²) in [6.07, 6.45) is 2.86. The number of hydrogen-bond acceptors (Lipinski definition) is 5. The summed E-state index contributed by atoms with van der Waals surface area (Å²) in [6.45, 7) is 6.62. The number of nitrogens with two attached hydrogens (primary N) is 1. The highest BCUT2D eigenvalue weighted by molar-refractivity contribution is 6.33. The lowest BCUT2D eigenvalue weighted by molar-refractivity contribution is 0.0342. The number of aromatic nitrogens is 2. The average Bonchev–Trinajstić information content (AvgIpc) is 2.63. The standard InChI is InChI=1S/C19H26ClN3O2/c1-5-12(6-2)25-11-17-19(21)23-18(16(7-3)22-17)14-9-8-13(24-4)10-15(14)20/h8-10,12H,5-7,11H2,1-4H3,(H2,21,23). The first-order chi connectivity index (χ1) is 12.0. The number of methoxy groups -OCH3 is 1. The molecule has 0 amide bonds. The van der Waals surface area contributed by atoms with Gasteiger partial charge < -0.3 is 15.2 Å². The maximum atomic E-state index is 6.39. The van der Waals surface area contributed by atoms with Gasteiger partial charge in [-0.15, -0.1) is 0 Å². The van der Waals surface area contributed by atoms with Crippen molar-refractivity contribution >= 4 is 17.4 Å². The van der Waals surface area contributed by atoms with E-state index in [0.717, 1.165) is 30.5 Å². The van der Waals surface area contributed by atoms with Crippen molar-refractivity contribution in [3.8, 4) is 17.0 Å². The minimum Gasteiger partial charge on any atom is -0.497 e. The molecule has 1 aromatic heterocycles. The van der Waals surface area contributed by atoms with Crippen molar-refractivity contribution < 1.29 is 9.47 Å². The largest absolute Gasteiger partial charge is 0.497 e. The van der Waals surface area contributed by atoms with Crippen LogP contribution >= 0.6 is 11.6 Å². The molecule has 0 unspecified atom stereocenters. The van der Waals surface area contributed by atoms with Gasteiger partial charge in [-0.2, -0.15) is 0 Å². The molecule has 0 spiro atoms. The first kappa shape index (κ1) is 19.5. The van der Waals surface area contributed by atoms with E-state index in [2.05, 4.69) is 23.8 Å². The van der Waals surface area contributed by atoms with Gasteiger partial charge in [0, 0.05) is 5.56 Å².